The lowest BCUT2D eigenvalue weighted by molar-refractivity contribution is 0.0991. The molecule has 1 atom stereocenters. The number of ketones is 1. The molecule has 0 amide bonds. The van der Waals surface area contributed by atoms with Crippen molar-refractivity contribution in [2.75, 3.05) is 0 Å². The summed E-state index contributed by atoms with van der Waals surface area (Å²) in [6, 6.07) is 9.16. The monoisotopic (exact) mass is 278 g/mol. The van der Waals surface area contributed by atoms with E-state index in [1.54, 1.807) is 24.3 Å². The van der Waals surface area contributed by atoms with Crippen LogP contribution in [-0.2, 0) is 0 Å². The summed E-state index contributed by atoms with van der Waals surface area (Å²) in [7, 11) is 0. The van der Waals surface area contributed by atoms with Crippen LogP contribution in [0.15, 0.2) is 36.4 Å². The van der Waals surface area contributed by atoms with Crippen molar-refractivity contribution in [3.05, 3.63) is 69.7 Å². The second-order valence-electron chi connectivity index (χ2n) is 4.59. The van der Waals surface area contributed by atoms with E-state index < -0.39 is 11.6 Å². The summed E-state index contributed by atoms with van der Waals surface area (Å²) >= 11 is 5.82. The Labute approximate surface area is 113 Å². The Hall–Kier alpha value is -1.74. The molecule has 3 rings (SSSR count). The van der Waals surface area contributed by atoms with Crippen molar-refractivity contribution in [3.8, 4) is 0 Å². The second kappa shape index (κ2) is 4.42. The molecule has 0 spiro atoms. The van der Waals surface area contributed by atoms with Crippen LogP contribution in [0.4, 0.5) is 8.78 Å². The van der Waals surface area contributed by atoms with Crippen molar-refractivity contribution in [2.24, 2.45) is 0 Å². The fraction of sp³-hybridized carbons (Fsp3) is 0.133. The molecule has 2 aromatic rings. The highest BCUT2D eigenvalue weighted by atomic mass is 35.5. The molecule has 0 fully saturated rings. The van der Waals surface area contributed by atoms with E-state index in [1.165, 1.54) is 0 Å². The Balaban J connectivity index is 2.11. The first-order valence-corrected chi connectivity index (χ1v) is 6.21. The summed E-state index contributed by atoms with van der Waals surface area (Å²) in [6.45, 7) is 0. The standard InChI is InChI=1S/C15H9ClF2O/c16-9-3-1-8(2-4-9)10-7-15(19)12-6-14(18)13(17)5-11(10)12/h1-6,10H,7H2/t10-/m0/s1. The number of carbonyl (C=O) groups is 1. The van der Waals surface area contributed by atoms with E-state index in [9.17, 15) is 13.6 Å². The van der Waals surface area contributed by atoms with E-state index in [0.717, 1.165) is 17.7 Å². The SMILES string of the molecule is O=C1C[C@@H](c2ccc(Cl)cc2)c2cc(F)c(F)cc21. The van der Waals surface area contributed by atoms with Crippen LogP contribution in [0.2, 0.25) is 5.02 Å². The van der Waals surface area contributed by atoms with Gasteiger partial charge in [0.1, 0.15) is 0 Å². The van der Waals surface area contributed by atoms with Gasteiger partial charge in [-0.25, -0.2) is 8.78 Å². The third kappa shape index (κ3) is 2.04. The van der Waals surface area contributed by atoms with Crippen molar-refractivity contribution < 1.29 is 13.6 Å². The number of rotatable bonds is 1. The Bertz CT molecular complexity index is 665. The van der Waals surface area contributed by atoms with E-state index in [-0.39, 0.29) is 23.7 Å². The summed E-state index contributed by atoms with van der Waals surface area (Å²) < 4.78 is 26.5. The van der Waals surface area contributed by atoms with Crippen LogP contribution in [0.1, 0.15) is 33.8 Å². The largest absolute Gasteiger partial charge is 0.294 e. The van der Waals surface area contributed by atoms with Gasteiger partial charge in [-0.3, -0.25) is 4.79 Å². The zero-order chi connectivity index (χ0) is 13.6. The zero-order valence-corrected chi connectivity index (χ0v) is 10.5. The minimum Gasteiger partial charge on any atom is -0.294 e. The first-order valence-electron chi connectivity index (χ1n) is 5.84. The second-order valence-corrected chi connectivity index (χ2v) is 5.02. The topological polar surface area (TPSA) is 17.1 Å². The number of carbonyl (C=O) groups excluding carboxylic acids is 1. The molecule has 0 radical (unpaired) electrons. The normalized spacial score (nSPS) is 17.6. The lowest BCUT2D eigenvalue weighted by atomic mass is 9.93. The zero-order valence-electron chi connectivity index (χ0n) is 9.79. The maximum absolute atomic E-state index is 13.3. The molecule has 1 aliphatic carbocycles. The van der Waals surface area contributed by atoms with Gasteiger partial charge in [-0.2, -0.15) is 0 Å². The predicted molar refractivity (Wildman–Crippen MR) is 68.6 cm³/mol. The molecular weight excluding hydrogens is 270 g/mol. The molecule has 4 heteroatoms. The molecular formula is C15H9ClF2O. The van der Waals surface area contributed by atoms with Crippen molar-refractivity contribution in [3.63, 3.8) is 0 Å². The number of hydrogen-bond acceptors (Lipinski definition) is 1. The summed E-state index contributed by atoms with van der Waals surface area (Å²) in [5, 5.41) is 0.596. The first-order chi connectivity index (χ1) is 9.06. The highest BCUT2D eigenvalue weighted by Crippen LogP contribution is 2.39. The highest BCUT2D eigenvalue weighted by molar-refractivity contribution is 6.30. The van der Waals surface area contributed by atoms with Crippen molar-refractivity contribution in [1.82, 2.24) is 0 Å². The Morgan fingerprint density at radius 3 is 2.37 bits per heavy atom. The molecule has 19 heavy (non-hydrogen) atoms. The third-order valence-corrected chi connectivity index (χ3v) is 3.68. The van der Waals surface area contributed by atoms with Crippen LogP contribution < -0.4 is 0 Å². The number of hydrogen-bond donors (Lipinski definition) is 0. The van der Waals surface area contributed by atoms with Gasteiger partial charge in [0.25, 0.3) is 0 Å². The molecule has 1 nitrogen and oxygen atoms in total. The minimum atomic E-state index is -0.983. The van der Waals surface area contributed by atoms with Gasteiger partial charge in [-0.05, 0) is 35.4 Å². The average Bonchev–Trinajstić information content (AvgIpc) is 2.69. The molecule has 1 aliphatic rings. The van der Waals surface area contributed by atoms with Gasteiger partial charge in [0.15, 0.2) is 17.4 Å². The van der Waals surface area contributed by atoms with Gasteiger partial charge < -0.3 is 0 Å². The van der Waals surface area contributed by atoms with Gasteiger partial charge in [0, 0.05) is 22.9 Å². The van der Waals surface area contributed by atoms with Crippen LogP contribution in [0.25, 0.3) is 0 Å². The van der Waals surface area contributed by atoms with Crippen LogP contribution in [0.3, 0.4) is 0 Å². The van der Waals surface area contributed by atoms with E-state index >= 15 is 0 Å². The molecule has 0 aromatic heterocycles. The third-order valence-electron chi connectivity index (χ3n) is 3.43. The van der Waals surface area contributed by atoms with E-state index in [0.29, 0.717) is 10.6 Å². The van der Waals surface area contributed by atoms with Gasteiger partial charge in [0.2, 0.25) is 0 Å². The molecule has 0 bridgehead atoms. The Morgan fingerprint density at radius 1 is 1.05 bits per heavy atom. The fourth-order valence-corrected chi connectivity index (χ4v) is 2.62. The summed E-state index contributed by atoms with van der Waals surface area (Å²) in [6.07, 6.45) is 0.236. The minimum absolute atomic E-state index is 0.158. The molecule has 96 valence electrons. The van der Waals surface area contributed by atoms with E-state index in [2.05, 4.69) is 0 Å². The predicted octanol–water partition coefficient (Wildman–Crippen LogP) is 4.34. The van der Waals surface area contributed by atoms with Crippen LogP contribution >= 0.6 is 11.6 Å². The van der Waals surface area contributed by atoms with Crippen LogP contribution in [0, 0.1) is 11.6 Å². The van der Waals surface area contributed by atoms with Gasteiger partial charge in [0.05, 0.1) is 0 Å². The Morgan fingerprint density at radius 2 is 1.68 bits per heavy atom. The van der Waals surface area contributed by atoms with Gasteiger partial charge in [-0.1, -0.05) is 23.7 Å². The van der Waals surface area contributed by atoms with Crippen molar-refractivity contribution in [2.45, 2.75) is 12.3 Å². The average molecular weight is 279 g/mol. The maximum atomic E-state index is 13.3. The molecule has 2 aromatic carbocycles. The number of benzene rings is 2. The maximum Gasteiger partial charge on any atom is 0.164 e. The lowest BCUT2D eigenvalue weighted by Crippen LogP contribution is -1.97. The Kier molecular flexibility index (Phi) is 2.86. The number of halogens is 3. The summed E-state index contributed by atoms with van der Waals surface area (Å²) in [4.78, 5) is 11.9. The van der Waals surface area contributed by atoms with Gasteiger partial charge in [-0.15, -0.1) is 0 Å². The lowest BCUT2D eigenvalue weighted by Gasteiger charge is -2.11. The highest BCUT2D eigenvalue weighted by Gasteiger charge is 2.31. The number of Topliss-reactive ketones (excluding diaryl/α,β-unsaturated/α-hetero) is 1. The summed E-state index contributed by atoms with van der Waals surface area (Å²) in [5.74, 6) is -2.29. The molecule has 0 saturated heterocycles. The van der Waals surface area contributed by atoms with Crippen LogP contribution in [-0.4, -0.2) is 5.78 Å². The molecule has 0 heterocycles. The smallest absolute Gasteiger partial charge is 0.164 e. The van der Waals surface area contributed by atoms with Crippen LogP contribution in [0.5, 0.6) is 0 Å². The molecule has 0 N–H and O–H groups in total. The number of fused-ring (bicyclic) bond motifs is 1. The molecule has 0 aliphatic heterocycles. The quantitative estimate of drug-likeness (QED) is 0.758. The first kappa shape index (κ1) is 12.3. The van der Waals surface area contributed by atoms with E-state index in [4.69, 9.17) is 11.6 Å². The molecule has 0 saturated carbocycles. The van der Waals surface area contributed by atoms with Crippen molar-refractivity contribution >= 4 is 17.4 Å². The fourth-order valence-electron chi connectivity index (χ4n) is 2.49. The van der Waals surface area contributed by atoms with Gasteiger partial charge >= 0.3 is 0 Å². The molecule has 0 unspecified atom stereocenters. The van der Waals surface area contributed by atoms with Crippen molar-refractivity contribution in [1.29, 1.82) is 0 Å². The van der Waals surface area contributed by atoms with E-state index in [1.807, 2.05) is 0 Å². The summed E-state index contributed by atoms with van der Waals surface area (Å²) in [5.41, 5.74) is 1.70.